The monoisotopic (exact) mass is 350 g/mol. The van der Waals surface area contributed by atoms with E-state index < -0.39 is 0 Å². The first-order chi connectivity index (χ1) is 13.1. The summed E-state index contributed by atoms with van der Waals surface area (Å²) in [6.07, 6.45) is 8.76. The summed E-state index contributed by atoms with van der Waals surface area (Å²) < 4.78 is 0. The van der Waals surface area contributed by atoms with Crippen LogP contribution in [0.1, 0.15) is 47.2 Å². The van der Waals surface area contributed by atoms with Gasteiger partial charge in [-0.05, 0) is 87.2 Å². The molecule has 1 aliphatic carbocycles. The summed E-state index contributed by atoms with van der Waals surface area (Å²) in [7, 11) is 0. The quantitative estimate of drug-likeness (QED) is 0.465. The fourth-order valence-corrected chi connectivity index (χ4v) is 4.29. The number of hydrogen-bond acceptors (Lipinski definition) is 0. The Morgan fingerprint density at radius 1 is 0.852 bits per heavy atom. The fourth-order valence-electron chi connectivity index (χ4n) is 4.29. The summed E-state index contributed by atoms with van der Waals surface area (Å²) in [6, 6.07) is 17.7. The molecule has 0 heteroatoms. The summed E-state index contributed by atoms with van der Waals surface area (Å²) in [6.45, 7) is 11.0. The molecule has 0 saturated carbocycles. The molecule has 27 heavy (non-hydrogen) atoms. The average molecular weight is 351 g/mol. The van der Waals surface area contributed by atoms with Crippen LogP contribution in [0, 0.1) is 6.92 Å². The summed E-state index contributed by atoms with van der Waals surface area (Å²) in [5.74, 6) is 0. The summed E-state index contributed by atoms with van der Waals surface area (Å²) in [4.78, 5) is 0. The number of fused-ring (bicyclic) bond motifs is 2. The summed E-state index contributed by atoms with van der Waals surface area (Å²) in [5.41, 5.74) is 10.6. The van der Waals surface area contributed by atoms with Gasteiger partial charge in [0.05, 0.1) is 0 Å². The third kappa shape index (κ3) is 3.06. The van der Waals surface area contributed by atoms with Crippen molar-refractivity contribution in [1.29, 1.82) is 0 Å². The van der Waals surface area contributed by atoms with Gasteiger partial charge in [0, 0.05) is 0 Å². The molecular weight excluding hydrogens is 324 g/mol. The highest BCUT2D eigenvalue weighted by atomic mass is 14.2. The lowest BCUT2D eigenvalue weighted by atomic mass is 9.85. The maximum atomic E-state index is 4.25. The van der Waals surface area contributed by atoms with Gasteiger partial charge in [-0.15, -0.1) is 0 Å². The Balaban J connectivity index is 1.99. The van der Waals surface area contributed by atoms with Crippen molar-refractivity contribution < 1.29 is 0 Å². The molecule has 1 aliphatic rings. The van der Waals surface area contributed by atoms with Crippen molar-refractivity contribution in [1.82, 2.24) is 0 Å². The van der Waals surface area contributed by atoms with E-state index in [0.29, 0.717) is 0 Å². The second-order valence-corrected chi connectivity index (χ2v) is 7.34. The van der Waals surface area contributed by atoms with Gasteiger partial charge in [-0.25, -0.2) is 0 Å². The van der Waals surface area contributed by atoms with Gasteiger partial charge in [0.2, 0.25) is 0 Å². The van der Waals surface area contributed by atoms with E-state index in [0.717, 1.165) is 18.4 Å². The molecular formula is C27H26. The Hall–Kier alpha value is -2.86. The first-order valence-corrected chi connectivity index (χ1v) is 9.86. The van der Waals surface area contributed by atoms with Gasteiger partial charge >= 0.3 is 0 Å². The lowest BCUT2D eigenvalue weighted by molar-refractivity contribution is 1.01. The van der Waals surface area contributed by atoms with Crippen LogP contribution in [0.4, 0.5) is 0 Å². The molecule has 0 saturated heterocycles. The SMILES string of the molecule is C=C1C=Cc2c(cc(CC)c(CC)c2C)C(c2ccc3ccccc3c2)=C1. The molecule has 3 aromatic carbocycles. The molecule has 0 heterocycles. The largest absolute Gasteiger partial charge is 0.0917 e. The van der Waals surface area contributed by atoms with Gasteiger partial charge in [0.15, 0.2) is 0 Å². The van der Waals surface area contributed by atoms with Crippen LogP contribution >= 0.6 is 0 Å². The van der Waals surface area contributed by atoms with Crippen molar-refractivity contribution in [2.45, 2.75) is 33.6 Å². The number of allylic oxidation sites excluding steroid dienone is 3. The maximum Gasteiger partial charge on any atom is -0.00992 e. The van der Waals surface area contributed by atoms with E-state index in [-0.39, 0.29) is 0 Å². The molecule has 0 fully saturated rings. The molecule has 0 unspecified atom stereocenters. The normalized spacial score (nSPS) is 13.4. The van der Waals surface area contributed by atoms with Crippen molar-refractivity contribution in [3.63, 3.8) is 0 Å². The molecule has 0 nitrogen and oxygen atoms in total. The van der Waals surface area contributed by atoms with Gasteiger partial charge in [-0.3, -0.25) is 0 Å². The van der Waals surface area contributed by atoms with Crippen LogP contribution in [0.3, 0.4) is 0 Å². The maximum absolute atomic E-state index is 4.25. The van der Waals surface area contributed by atoms with E-state index in [1.165, 1.54) is 49.7 Å². The predicted octanol–water partition coefficient (Wildman–Crippen LogP) is 7.29. The van der Waals surface area contributed by atoms with Crippen molar-refractivity contribution in [3.8, 4) is 0 Å². The number of aryl methyl sites for hydroxylation is 1. The van der Waals surface area contributed by atoms with Crippen LogP contribution < -0.4 is 0 Å². The van der Waals surface area contributed by atoms with Crippen LogP contribution in [0.5, 0.6) is 0 Å². The Morgan fingerprint density at radius 2 is 1.63 bits per heavy atom. The molecule has 3 aromatic rings. The summed E-state index contributed by atoms with van der Waals surface area (Å²) >= 11 is 0. The van der Waals surface area contributed by atoms with Gasteiger partial charge < -0.3 is 0 Å². The Bertz CT molecular complexity index is 1110. The third-order valence-corrected chi connectivity index (χ3v) is 5.73. The highest BCUT2D eigenvalue weighted by Gasteiger charge is 2.18. The lowest BCUT2D eigenvalue weighted by Gasteiger charge is -2.19. The molecule has 0 atom stereocenters. The van der Waals surface area contributed by atoms with Crippen LogP contribution in [-0.4, -0.2) is 0 Å². The number of benzene rings is 3. The molecule has 0 spiro atoms. The average Bonchev–Trinajstić information content (AvgIpc) is 2.86. The van der Waals surface area contributed by atoms with Crippen molar-refractivity contribution >= 4 is 22.4 Å². The van der Waals surface area contributed by atoms with Gasteiger partial charge in [-0.2, -0.15) is 0 Å². The van der Waals surface area contributed by atoms with E-state index in [9.17, 15) is 0 Å². The molecule has 0 bridgehead atoms. The van der Waals surface area contributed by atoms with Crippen LogP contribution in [0.25, 0.3) is 22.4 Å². The third-order valence-electron chi connectivity index (χ3n) is 5.73. The van der Waals surface area contributed by atoms with E-state index in [4.69, 9.17) is 0 Å². The van der Waals surface area contributed by atoms with Crippen LogP contribution in [0.15, 0.2) is 72.8 Å². The van der Waals surface area contributed by atoms with Crippen molar-refractivity contribution in [2.75, 3.05) is 0 Å². The molecule has 134 valence electrons. The van der Waals surface area contributed by atoms with Crippen LogP contribution in [0.2, 0.25) is 0 Å². The highest BCUT2D eigenvalue weighted by Crippen LogP contribution is 2.36. The van der Waals surface area contributed by atoms with Gasteiger partial charge in [0.1, 0.15) is 0 Å². The van der Waals surface area contributed by atoms with Gasteiger partial charge in [-0.1, -0.05) is 75.0 Å². The molecule has 4 rings (SSSR count). The molecule has 0 radical (unpaired) electrons. The fraction of sp³-hybridized carbons (Fsp3) is 0.185. The highest BCUT2D eigenvalue weighted by molar-refractivity contribution is 5.93. The lowest BCUT2D eigenvalue weighted by Crippen LogP contribution is -2.02. The van der Waals surface area contributed by atoms with E-state index in [1.54, 1.807) is 0 Å². The summed E-state index contributed by atoms with van der Waals surface area (Å²) in [5, 5.41) is 2.55. The standard InChI is InChI=1S/C27H26/c1-5-20-17-27-25(19(4)24(20)6-2)14-11-18(3)15-26(27)23-13-12-21-9-7-8-10-22(21)16-23/h7-17H,3,5-6H2,1-2,4H3. The minimum atomic E-state index is 1.05. The zero-order valence-electron chi connectivity index (χ0n) is 16.5. The second kappa shape index (κ2) is 7.04. The molecule has 0 N–H and O–H groups in total. The Labute approximate surface area is 162 Å². The van der Waals surface area contributed by atoms with Gasteiger partial charge in [0.25, 0.3) is 0 Å². The number of hydrogen-bond donors (Lipinski definition) is 0. The van der Waals surface area contributed by atoms with Crippen molar-refractivity contribution in [3.05, 3.63) is 106 Å². The molecule has 0 aliphatic heterocycles. The molecule has 0 aromatic heterocycles. The van der Waals surface area contributed by atoms with E-state index >= 15 is 0 Å². The zero-order chi connectivity index (χ0) is 19.0. The first kappa shape index (κ1) is 17.5. The second-order valence-electron chi connectivity index (χ2n) is 7.34. The Kier molecular flexibility index (Phi) is 4.58. The molecule has 0 amide bonds. The predicted molar refractivity (Wildman–Crippen MR) is 119 cm³/mol. The van der Waals surface area contributed by atoms with E-state index in [2.05, 4.69) is 94.1 Å². The minimum absolute atomic E-state index is 1.05. The van der Waals surface area contributed by atoms with Crippen molar-refractivity contribution in [2.24, 2.45) is 0 Å². The Morgan fingerprint density at radius 3 is 2.37 bits per heavy atom. The topological polar surface area (TPSA) is 0 Å². The van der Waals surface area contributed by atoms with E-state index in [1.807, 2.05) is 0 Å². The van der Waals surface area contributed by atoms with Crippen LogP contribution in [-0.2, 0) is 12.8 Å². The smallest absolute Gasteiger partial charge is 0.00992 e. The zero-order valence-corrected chi connectivity index (χ0v) is 16.5. The minimum Gasteiger partial charge on any atom is -0.0917 e. The first-order valence-electron chi connectivity index (χ1n) is 9.86. The number of rotatable bonds is 3.